The van der Waals surface area contributed by atoms with Gasteiger partial charge in [-0.3, -0.25) is 0 Å². The maximum Gasteiger partial charge on any atom is 0.231 e. The number of terminal acetylenes is 1. The van der Waals surface area contributed by atoms with E-state index in [0.29, 0.717) is 46.3 Å². The number of aromatic nitrogens is 4. The van der Waals surface area contributed by atoms with Crippen molar-refractivity contribution in [1.29, 1.82) is 0 Å². The molecule has 0 spiro atoms. The summed E-state index contributed by atoms with van der Waals surface area (Å²) in [5.41, 5.74) is 7.65. The first kappa shape index (κ1) is 20.3. The summed E-state index contributed by atoms with van der Waals surface area (Å²) in [6.45, 7) is 0.891. The van der Waals surface area contributed by atoms with Crippen LogP contribution in [0.1, 0.15) is 12.0 Å². The van der Waals surface area contributed by atoms with Crippen LogP contribution in [-0.2, 0) is 16.6 Å². The van der Waals surface area contributed by atoms with Gasteiger partial charge in [0.25, 0.3) is 0 Å². The summed E-state index contributed by atoms with van der Waals surface area (Å²) in [6, 6.07) is 3.56. The minimum atomic E-state index is -3.26. The number of benzene rings is 1. The van der Waals surface area contributed by atoms with E-state index in [2.05, 4.69) is 25.6 Å². The van der Waals surface area contributed by atoms with Gasteiger partial charge < -0.3 is 19.8 Å². The molecule has 0 fully saturated rings. The van der Waals surface area contributed by atoms with Gasteiger partial charge in [-0.25, -0.2) is 28.1 Å². The summed E-state index contributed by atoms with van der Waals surface area (Å²) in [4.78, 5) is 13.7. The van der Waals surface area contributed by atoms with Gasteiger partial charge in [-0.05, 0) is 12.5 Å². The van der Waals surface area contributed by atoms with Crippen LogP contribution in [0.5, 0.6) is 11.5 Å². The predicted octanol–water partition coefficient (Wildman–Crippen LogP) is 1.21. The fourth-order valence-corrected chi connectivity index (χ4v) is 4.46. The van der Waals surface area contributed by atoms with Crippen LogP contribution in [0.25, 0.3) is 11.2 Å². The van der Waals surface area contributed by atoms with Crippen molar-refractivity contribution in [1.82, 2.24) is 24.2 Å². The Balaban J connectivity index is 1.68. The van der Waals surface area contributed by atoms with Crippen molar-refractivity contribution >= 4 is 38.8 Å². The summed E-state index contributed by atoms with van der Waals surface area (Å²) in [7, 11) is -3.26. The van der Waals surface area contributed by atoms with Crippen molar-refractivity contribution in [2.45, 2.75) is 23.0 Å². The molecule has 1 aromatic carbocycles. The molecule has 3 heterocycles. The van der Waals surface area contributed by atoms with Gasteiger partial charge in [-0.2, -0.15) is 0 Å². The van der Waals surface area contributed by atoms with E-state index in [1.165, 1.54) is 18.1 Å². The van der Waals surface area contributed by atoms with Gasteiger partial charge >= 0.3 is 0 Å². The molecule has 0 amide bonds. The lowest BCUT2D eigenvalue weighted by Crippen LogP contribution is -2.24. The predicted molar refractivity (Wildman–Crippen MR) is 112 cm³/mol. The summed E-state index contributed by atoms with van der Waals surface area (Å²) in [5.74, 6) is 4.13. The molecule has 0 saturated heterocycles. The second-order valence-electron chi connectivity index (χ2n) is 6.45. The van der Waals surface area contributed by atoms with Crippen molar-refractivity contribution < 1.29 is 17.9 Å². The maximum absolute atomic E-state index is 11.3. The molecule has 0 unspecified atom stereocenters. The third-order valence-corrected chi connectivity index (χ3v) is 6.06. The molecule has 12 heteroatoms. The molecule has 4 rings (SSSR count). The number of rotatable bonds is 7. The number of nitrogens with two attached hydrogens (primary N) is 1. The van der Waals surface area contributed by atoms with Crippen molar-refractivity contribution in [3.05, 3.63) is 24.0 Å². The first-order valence-corrected chi connectivity index (χ1v) is 11.6. The molecule has 2 aromatic heterocycles. The Morgan fingerprint density at radius 2 is 2.10 bits per heavy atom. The number of nitrogens with zero attached hydrogens (tertiary/aromatic N) is 4. The van der Waals surface area contributed by atoms with Crippen LogP contribution in [0.15, 0.2) is 28.5 Å². The minimum Gasteiger partial charge on any atom is -0.454 e. The number of fused-ring (bicyclic) bond motifs is 2. The molecule has 3 N–H and O–H groups in total. The zero-order valence-corrected chi connectivity index (χ0v) is 17.6. The van der Waals surface area contributed by atoms with E-state index in [0.717, 1.165) is 11.2 Å². The van der Waals surface area contributed by atoms with E-state index in [4.69, 9.17) is 21.6 Å². The number of ether oxygens (including phenoxy) is 2. The Morgan fingerprint density at radius 1 is 1.33 bits per heavy atom. The Hall–Kier alpha value is -3.01. The molecule has 3 aromatic rings. The van der Waals surface area contributed by atoms with Gasteiger partial charge in [-0.1, -0.05) is 17.7 Å². The minimum absolute atomic E-state index is 0.144. The lowest BCUT2D eigenvalue weighted by molar-refractivity contribution is 0.174. The molecule has 10 nitrogen and oxygen atoms in total. The average molecular weight is 447 g/mol. The van der Waals surface area contributed by atoms with Gasteiger partial charge in [0.15, 0.2) is 33.6 Å². The van der Waals surface area contributed by atoms with Crippen LogP contribution < -0.4 is 19.9 Å². The second-order valence-corrected chi connectivity index (χ2v) is 9.29. The second kappa shape index (κ2) is 8.02. The number of sulfonamides is 1. The Labute approximate surface area is 177 Å². The van der Waals surface area contributed by atoms with Gasteiger partial charge in [0.1, 0.15) is 6.33 Å². The quantitative estimate of drug-likeness (QED) is 0.405. The number of nitrogens with one attached hydrogen (secondary N) is 1. The van der Waals surface area contributed by atoms with Crippen LogP contribution in [0, 0.1) is 12.3 Å². The van der Waals surface area contributed by atoms with Crippen LogP contribution >= 0.6 is 11.8 Å². The molecule has 1 aliphatic rings. The van der Waals surface area contributed by atoms with E-state index in [-0.39, 0.29) is 19.2 Å². The highest BCUT2D eigenvalue weighted by Crippen LogP contribution is 2.41. The van der Waals surface area contributed by atoms with Crippen molar-refractivity contribution in [3.8, 4) is 23.8 Å². The van der Waals surface area contributed by atoms with E-state index < -0.39 is 10.0 Å². The van der Waals surface area contributed by atoms with E-state index in [9.17, 15) is 8.42 Å². The molecule has 0 saturated carbocycles. The smallest absolute Gasteiger partial charge is 0.231 e. The monoisotopic (exact) mass is 446 g/mol. The first-order chi connectivity index (χ1) is 14.4. The molecule has 30 heavy (non-hydrogen) atoms. The number of nitrogen functional groups attached to an aromatic ring is 1. The number of hydrogen-bond acceptors (Lipinski definition) is 9. The topological polar surface area (TPSA) is 134 Å². The van der Waals surface area contributed by atoms with Crippen molar-refractivity contribution in [2.75, 3.05) is 25.3 Å². The van der Waals surface area contributed by atoms with Gasteiger partial charge in [0.05, 0.1) is 6.26 Å². The molecular weight excluding hydrogens is 428 g/mol. The highest BCUT2D eigenvalue weighted by atomic mass is 32.2. The third-order valence-electron chi connectivity index (χ3n) is 4.28. The van der Waals surface area contributed by atoms with Crippen LogP contribution in [0.4, 0.5) is 5.82 Å². The van der Waals surface area contributed by atoms with Crippen molar-refractivity contribution in [2.24, 2.45) is 0 Å². The zero-order valence-electron chi connectivity index (χ0n) is 16.0. The van der Waals surface area contributed by atoms with Crippen molar-refractivity contribution in [3.63, 3.8) is 0 Å². The lowest BCUT2D eigenvalue weighted by Gasteiger charge is -2.10. The third kappa shape index (κ3) is 4.13. The fourth-order valence-electron chi connectivity index (χ4n) is 2.93. The fraction of sp³-hybridized carbons (Fsp3) is 0.278. The van der Waals surface area contributed by atoms with Crippen LogP contribution in [-0.4, -0.2) is 47.5 Å². The highest BCUT2D eigenvalue weighted by Gasteiger charge is 2.21. The number of imidazole rings is 1. The van der Waals surface area contributed by atoms with Gasteiger partial charge in [-0.15, -0.1) is 6.42 Å². The maximum atomic E-state index is 11.3. The van der Waals surface area contributed by atoms with Crippen LogP contribution in [0.2, 0.25) is 0 Å². The summed E-state index contributed by atoms with van der Waals surface area (Å²) < 4.78 is 37.8. The molecule has 0 radical (unpaired) electrons. The average Bonchev–Trinajstić information content (AvgIpc) is 3.29. The van der Waals surface area contributed by atoms with Crippen LogP contribution in [0.3, 0.4) is 0 Å². The van der Waals surface area contributed by atoms with E-state index in [1.807, 2.05) is 10.6 Å². The largest absolute Gasteiger partial charge is 0.454 e. The SMILES string of the molecule is C#Cc1cc2c(cc1Sc1nc3c(N)ncnc3n1CCCNS(C)(=O)=O)OCO2. The zero-order chi connectivity index (χ0) is 21.3. The summed E-state index contributed by atoms with van der Waals surface area (Å²) in [5, 5.41) is 0.604. The molecule has 1 aliphatic heterocycles. The number of anilines is 1. The number of hydrogen-bond donors (Lipinski definition) is 2. The summed E-state index contributed by atoms with van der Waals surface area (Å²) in [6.07, 6.45) is 8.70. The molecule has 0 bridgehead atoms. The van der Waals surface area contributed by atoms with Gasteiger partial charge in [0.2, 0.25) is 16.8 Å². The van der Waals surface area contributed by atoms with E-state index >= 15 is 0 Å². The molecule has 0 atom stereocenters. The molecule has 156 valence electrons. The van der Waals surface area contributed by atoms with E-state index in [1.54, 1.807) is 6.07 Å². The first-order valence-electron chi connectivity index (χ1n) is 8.85. The normalized spacial score (nSPS) is 12.9. The lowest BCUT2D eigenvalue weighted by atomic mass is 10.2. The Morgan fingerprint density at radius 3 is 2.83 bits per heavy atom. The summed E-state index contributed by atoms with van der Waals surface area (Å²) >= 11 is 1.34. The Kier molecular flexibility index (Phi) is 5.42. The standard InChI is InChI=1S/C18H18N6O4S2/c1-3-11-7-12-13(28-10-27-12)8-14(11)29-18-23-15-16(19)20-9-21-17(15)24(18)6-4-5-22-30(2,25)26/h1,7-9,22H,4-6,10H2,2H3,(H2,19,20,21). The molecule has 0 aliphatic carbocycles. The highest BCUT2D eigenvalue weighted by molar-refractivity contribution is 7.99. The van der Waals surface area contributed by atoms with Gasteiger partial charge in [0, 0.05) is 29.6 Å². The Bertz CT molecular complexity index is 1270. The number of aryl methyl sites for hydroxylation is 1. The molecular formula is C18H18N6O4S2.